The van der Waals surface area contributed by atoms with Crippen LogP contribution >= 0.6 is 11.8 Å². The molecular formula is C20H20N2O2S. The molecule has 0 atom stereocenters. The van der Waals surface area contributed by atoms with Crippen LogP contribution in [0.3, 0.4) is 0 Å². The molecular weight excluding hydrogens is 332 g/mol. The fourth-order valence-electron chi connectivity index (χ4n) is 2.80. The minimum Gasteiger partial charge on any atom is -0.481 e. The van der Waals surface area contributed by atoms with Crippen LogP contribution in [0, 0.1) is 18.8 Å². The number of aromatic nitrogens is 2. The summed E-state index contributed by atoms with van der Waals surface area (Å²) >= 11 is 1.92. The van der Waals surface area contributed by atoms with Gasteiger partial charge in [0, 0.05) is 22.9 Å². The Balaban J connectivity index is 1.89. The van der Waals surface area contributed by atoms with Crippen molar-refractivity contribution in [2.24, 2.45) is 0 Å². The van der Waals surface area contributed by atoms with E-state index in [0.29, 0.717) is 11.4 Å². The first-order chi connectivity index (χ1) is 11.8. The summed E-state index contributed by atoms with van der Waals surface area (Å²) in [6, 6.07) is 4.45. The van der Waals surface area contributed by atoms with E-state index in [9.17, 15) is 4.79 Å². The summed E-state index contributed by atoms with van der Waals surface area (Å²) in [5, 5.41) is 8.75. The topological polar surface area (TPSA) is 63.1 Å². The zero-order valence-electron chi connectivity index (χ0n) is 14.6. The average Bonchev–Trinajstić information content (AvgIpc) is 2.54. The lowest BCUT2D eigenvalue weighted by atomic mass is 9.80. The first-order valence-corrected chi connectivity index (χ1v) is 9.16. The van der Waals surface area contributed by atoms with Crippen LogP contribution in [0.1, 0.15) is 48.3 Å². The van der Waals surface area contributed by atoms with Crippen molar-refractivity contribution in [3.8, 4) is 11.8 Å². The van der Waals surface area contributed by atoms with E-state index < -0.39 is 5.97 Å². The summed E-state index contributed by atoms with van der Waals surface area (Å²) < 4.78 is 0. The van der Waals surface area contributed by atoms with Crippen LogP contribution in [0.5, 0.6) is 0 Å². The lowest BCUT2D eigenvalue weighted by Gasteiger charge is -2.32. The standard InChI is InChI=1S/C20H20N2O2S/c1-13-8-17-16(20(2,3)6-7-25-17)9-15(13)5-4-14-11-21-18(22-12-14)10-19(23)24/h8-9,11-12H,6-7,10H2,1-3H3,(H,23,24). The maximum Gasteiger partial charge on any atom is 0.311 e. The maximum atomic E-state index is 10.7. The Morgan fingerprint density at radius 2 is 2.00 bits per heavy atom. The van der Waals surface area contributed by atoms with Gasteiger partial charge in [0.2, 0.25) is 0 Å². The highest BCUT2D eigenvalue weighted by Crippen LogP contribution is 2.42. The van der Waals surface area contributed by atoms with Crippen molar-refractivity contribution >= 4 is 17.7 Å². The zero-order chi connectivity index (χ0) is 18.0. The lowest BCUT2D eigenvalue weighted by Crippen LogP contribution is -2.23. The molecule has 0 saturated heterocycles. The van der Waals surface area contributed by atoms with Gasteiger partial charge in [0.15, 0.2) is 0 Å². The Hall–Kier alpha value is -2.32. The summed E-state index contributed by atoms with van der Waals surface area (Å²) in [6.45, 7) is 6.65. The third kappa shape index (κ3) is 4.02. The number of fused-ring (bicyclic) bond motifs is 1. The van der Waals surface area contributed by atoms with E-state index in [2.05, 4.69) is 54.7 Å². The number of nitrogens with zero attached hydrogens (tertiary/aromatic N) is 2. The van der Waals surface area contributed by atoms with Gasteiger partial charge in [-0.15, -0.1) is 11.8 Å². The van der Waals surface area contributed by atoms with Gasteiger partial charge < -0.3 is 5.11 Å². The molecule has 5 heteroatoms. The highest BCUT2D eigenvalue weighted by atomic mass is 32.2. The molecule has 0 amide bonds. The predicted octanol–water partition coefficient (Wildman–Crippen LogP) is 3.59. The first-order valence-electron chi connectivity index (χ1n) is 8.18. The Kier molecular flexibility index (Phi) is 4.82. The molecule has 0 saturated carbocycles. The van der Waals surface area contributed by atoms with Crippen molar-refractivity contribution < 1.29 is 9.90 Å². The van der Waals surface area contributed by atoms with Crippen LogP contribution < -0.4 is 0 Å². The van der Waals surface area contributed by atoms with Gasteiger partial charge in [-0.2, -0.15) is 0 Å². The van der Waals surface area contributed by atoms with Gasteiger partial charge in [-0.25, -0.2) is 9.97 Å². The maximum absolute atomic E-state index is 10.7. The number of aliphatic carboxylic acids is 1. The molecule has 25 heavy (non-hydrogen) atoms. The van der Waals surface area contributed by atoms with E-state index in [1.165, 1.54) is 22.4 Å². The van der Waals surface area contributed by atoms with Gasteiger partial charge >= 0.3 is 5.97 Å². The minimum atomic E-state index is -0.941. The third-order valence-electron chi connectivity index (χ3n) is 4.40. The fraction of sp³-hybridized carbons (Fsp3) is 0.350. The summed E-state index contributed by atoms with van der Waals surface area (Å²) in [4.78, 5) is 20.1. The molecule has 0 bridgehead atoms. The zero-order valence-corrected chi connectivity index (χ0v) is 15.4. The molecule has 4 nitrogen and oxygen atoms in total. The van der Waals surface area contributed by atoms with E-state index in [0.717, 1.165) is 11.3 Å². The molecule has 0 fully saturated rings. The number of carbonyl (C=O) groups is 1. The monoisotopic (exact) mass is 352 g/mol. The number of rotatable bonds is 2. The molecule has 128 valence electrons. The van der Waals surface area contributed by atoms with Crippen molar-refractivity contribution in [1.29, 1.82) is 0 Å². The summed E-state index contributed by atoms with van der Waals surface area (Å²) in [7, 11) is 0. The third-order valence-corrected chi connectivity index (χ3v) is 5.45. The Bertz CT molecular complexity index is 877. The minimum absolute atomic E-state index is 0.173. The normalized spacial score (nSPS) is 15.0. The van der Waals surface area contributed by atoms with Crippen LogP contribution in [-0.2, 0) is 16.6 Å². The van der Waals surface area contributed by atoms with Crippen LogP contribution in [0.4, 0.5) is 0 Å². The van der Waals surface area contributed by atoms with E-state index >= 15 is 0 Å². The van der Waals surface area contributed by atoms with Crippen molar-refractivity contribution in [3.05, 3.63) is 52.6 Å². The van der Waals surface area contributed by atoms with Crippen LogP contribution in [0.25, 0.3) is 0 Å². The Labute approximate surface area is 152 Å². The summed E-state index contributed by atoms with van der Waals surface area (Å²) in [5.41, 5.74) is 4.40. The lowest BCUT2D eigenvalue weighted by molar-refractivity contribution is -0.136. The number of carboxylic acids is 1. The Morgan fingerprint density at radius 3 is 2.68 bits per heavy atom. The van der Waals surface area contributed by atoms with Crippen molar-refractivity contribution in [2.45, 2.75) is 43.9 Å². The molecule has 1 aliphatic rings. The molecule has 0 unspecified atom stereocenters. The van der Waals surface area contributed by atoms with E-state index in [-0.39, 0.29) is 11.8 Å². The number of hydrogen-bond acceptors (Lipinski definition) is 4. The molecule has 0 radical (unpaired) electrons. The van der Waals surface area contributed by atoms with E-state index in [1.807, 2.05) is 11.8 Å². The molecule has 1 aromatic carbocycles. The summed E-state index contributed by atoms with van der Waals surface area (Å²) in [6.07, 6.45) is 4.14. The van der Waals surface area contributed by atoms with Crippen LogP contribution in [0.2, 0.25) is 0 Å². The number of carboxylic acid groups (broad SMARTS) is 1. The van der Waals surface area contributed by atoms with Gasteiger partial charge in [0.1, 0.15) is 12.2 Å². The second-order valence-corrected chi connectivity index (χ2v) is 7.99. The second kappa shape index (κ2) is 6.89. The highest BCUT2D eigenvalue weighted by Gasteiger charge is 2.28. The van der Waals surface area contributed by atoms with Crippen LogP contribution in [-0.4, -0.2) is 26.8 Å². The van der Waals surface area contributed by atoms with E-state index in [4.69, 9.17) is 5.11 Å². The fourth-order valence-corrected chi connectivity index (χ4v) is 4.38. The van der Waals surface area contributed by atoms with Gasteiger partial charge in [-0.3, -0.25) is 4.79 Å². The number of thioether (sulfide) groups is 1. The first kappa shape index (κ1) is 17.5. The van der Waals surface area contributed by atoms with Crippen molar-refractivity contribution in [2.75, 3.05) is 5.75 Å². The molecule has 2 heterocycles. The number of aryl methyl sites for hydroxylation is 1. The molecule has 1 aromatic heterocycles. The van der Waals surface area contributed by atoms with Gasteiger partial charge in [-0.1, -0.05) is 25.7 Å². The van der Waals surface area contributed by atoms with Crippen LogP contribution in [0.15, 0.2) is 29.4 Å². The Morgan fingerprint density at radius 1 is 1.28 bits per heavy atom. The molecule has 0 aliphatic carbocycles. The quantitative estimate of drug-likeness (QED) is 0.837. The van der Waals surface area contributed by atoms with Gasteiger partial charge in [0.05, 0.1) is 5.56 Å². The molecule has 0 spiro atoms. The molecule has 1 N–H and O–H groups in total. The number of hydrogen-bond donors (Lipinski definition) is 1. The largest absolute Gasteiger partial charge is 0.481 e. The highest BCUT2D eigenvalue weighted by molar-refractivity contribution is 7.99. The smallest absolute Gasteiger partial charge is 0.311 e. The number of benzene rings is 1. The van der Waals surface area contributed by atoms with Gasteiger partial charge in [-0.05, 0) is 47.8 Å². The second-order valence-electron chi connectivity index (χ2n) is 6.85. The SMILES string of the molecule is Cc1cc2c(cc1C#Cc1cnc(CC(=O)O)nc1)C(C)(C)CCS2. The van der Waals surface area contributed by atoms with Crippen molar-refractivity contribution in [1.82, 2.24) is 9.97 Å². The molecule has 3 rings (SSSR count). The molecule has 1 aliphatic heterocycles. The van der Waals surface area contributed by atoms with E-state index in [1.54, 1.807) is 12.4 Å². The van der Waals surface area contributed by atoms with Crippen molar-refractivity contribution in [3.63, 3.8) is 0 Å². The predicted molar refractivity (Wildman–Crippen MR) is 98.9 cm³/mol. The van der Waals surface area contributed by atoms with Gasteiger partial charge in [0.25, 0.3) is 0 Å². The molecule has 2 aromatic rings. The average molecular weight is 352 g/mol. The summed E-state index contributed by atoms with van der Waals surface area (Å²) in [5.74, 6) is 6.82.